The van der Waals surface area contributed by atoms with E-state index in [0.717, 1.165) is 57.8 Å². The average molecular weight is 479 g/mol. The Bertz CT molecular complexity index is 1040. The molecule has 2 fully saturated rings. The highest BCUT2D eigenvalue weighted by atomic mass is 32.1. The summed E-state index contributed by atoms with van der Waals surface area (Å²) in [5.74, 6) is 0.611. The number of carbonyl (C=O) groups excluding carboxylic acids is 1. The molecule has 34 heavy (non-hydrogen) atoms. The Hall–Kier alpha value is -2.32. The molecule has 1 N–H and O–H groups in total. The first-order valence-electron chi connectivity index (χ1n) is 12.4. The van der Waals surface area contributed by atoms with Crippen molar-refractivity contribution < 1.29 is 9.53 Å². The number of para-hydroxylation sites is 1. The Morgan fingerprint density at radius 1 is 1.06 bits per heavy atom. The van der Waals surface area contributed by atoms with Gasteiger partial charge in [-0.2, -0.15) is 0 Å². The molecule has 1 amide bonds. The van der Waals surface area contributed by atoms with E-state index in [4.69, 9.17) is 9.72 Å². The minimum atomic E-state index is 0.0216. The number of likely N-dealkylation sites (tertiary alicyclic amines) is 1. The molecular formula is C27H34N4O2S. The number of ether oxygens (including phenoxy) is 1. The fourth-order valence-electron chi connectivity index (χ4n) is 5.31. The Labute approximate surface area is 205 Å². The van der Waals surface area contributed by atoms with Gasteiger partial charge < -0.3 is 10.1 Å². The summed E-state index contributed by atoms with van der Waals surface area (Å²) in [5, 5.41) is 4.56. The van der Waals surface area contributed by atoms with E-state index in [-0.39, 0.29) is 18.0 Å². The van der Waals surface area contributed by atoms with Crippen LogP contribution in [0.2, 0.25) is 0 Å². The summed E-state index contributed by atoms with van der Waals surface area (Å²) >= 11 is 1.82. The van der Waals surface area contributed by atoms with Gasteiger partial charge in [0.25, 0.3) is 0 Å². The summed E-state index contributed by atoms with van der Waals surface area (Å²) in [4.78, 5) is 22.6. The number of carbonyl (C=O) groups is 1. The predicted molar refractivity (Wildman–Crippen MR) is 137 cm³/mol. The van der Waals surface area contributed by atoms with Crippen LogP contribution >= 0.6 is 11.3 Å². The van der Waals surface area contributed by atoms with Crippen LogP contribution in [-0.4, -0.2) is 72.7 Å². The standard InChI is InChI=1S/C27H34N4O2S/c1-20(26(21-7-3-2-4-8-21)31-15-17-33-18-16-31)28-25(32)19-30-13-11-22(12-14-30)27-29-23-9-5-6-10-24(23)34-27/h2-10,20,22,26H,11-19H2,1H3,(H,28,32)/t20-,26+/m0/s1. The van der Waals surface area contributed by atoms with Gasteiger partial charge in [0.05, 0.1) is 41.0 Å². The van der Waals surface area contributed by atoms with Crippen molar-refractivity contribution in [3.05, 3.63) is 65.2 Å². The number of aromatic nitrogens is 1. The van der Waals surface area contributed by atoms with Crippen molar-refractivity contribution in [2.75, 3.05) is 45.9 Å². The topological polar surface area (TPSA) is 57.7 Å². The Morgan fingerprint density at radius 3 is 2.50 bits per heavy atom. The summed E-state index contributed by atoms with van der Waals surface area (Å²) in [6.45, 7) is 7.73. The molecular weight excluding hydrogens is 444 g/mol. The van der Waals surface area contributed by atoms with Gasteiger partial charge in [0.2, 0.25) is 5.91 Å². The molecule has 3 heterocycles. The van der Waals surface area contributed by atoms with Crippen LogP contribution in [0.5, 0.6) is 0 Å². The van der Waals surface area contributed by atoms with Crippen LogP contribution in [0.3, 0.4) is 0 Å². The molecule has 1 aromatic heterocycles. The molecule has 2 aliphatic rings. The normalized spacial score (nSPS) is 20.3. The first-order valence-corrected chi connectivity index (χ1v) is 13.2. The highest BCUT2D eigenvalue weighted by Crippen LogP contribution is 2.33. The molecule has 0 unspecified atom stereocenters. The maximum atomic E-state index is 13.0. The van der Waals surface area contributed by atoms with Crippen molar-refractivity contribution >= 4 is 27.5 Å². The summed E-state index contributed by atoms with van der Waals surface area (Å²) in [6, 6.07) is 19.1. The molecule has 0 saturated carbocycles. The Balaban J connectivity index is 1.16. The van der Waals surface area contributed by atoms with E-state index in [1.807, 2.05) is 17.4 Å². The first-order chi connectivity index (χ1) is 16.7. The van der Waals surface area contributed by atoms with Crippen LogP contribution in [0.4, 0.5) is 0 Å². The van der Waals surface area contributed by atoms with E-state index in [9.17, 15) is 4.79 Å². The van der Waals surface area contributed by atoms with Crippen LogP contribution in [0, 0.1) is 0 Å². The van der Waals surface area contributed by atoms with Crippen LogP contribution in [0.25, 0.3) is 10.2 Å². The van der Waals surface area contributed by atoms with Gasteiger partial charge in [-0.05, 0) is 50.6 Å². The fourth-order valence-corrected chi connectivity index (χ4v) is 6.44. The molecule has 2 aromatic carbocycles. The quantitative estimate of drug-likeness (QED) is 0.555. The van der Waals surface area contributed by atoms with Gasteiger partial charge >= 0.3 is 0 Å². The minimum Gasteiger partial charge on any atom is -0.379 e. The van der Waals surface area contributed by atoms with Gasteiger partial charge in [-0.25, -0.2) is 4.98 Å². The highest BCUT2D eigenvalue weighted by Gasteiger charge is 2.30. The van der Waals surface area contributed by atoms with Crippen LogP contribution in [0.15, 0.2) is 54.6 Å². The van der Waals surface area contributed by atoms with E-state index in [1.165, 1.54) is 15.3 Å². The van der Waals surface area contributed by atoms with E-state index >= 15 is 0 Å². The van der Waals surface area contributed by atoms with Crippen molar-refractivity contribution in [1.29, 1.82) is 0 Å². The SMILES string of the molecule is C[C@H](NC(=O)CN1CCC(c2nc3ccccc3s2)CC1)[C@H](c1ccccc1)N1CCOCC1. The number of nitrogens with zero attached hydrogens (tertiary/aromatic N) is 3. The second-order valence-corrected chi connectivity index (χ2v) is 10.5. The average Bonchev–Trinajstić information content (AvgIpc) is 3.30. The number of morpholine rings is 1. The summed E-state index contributed by atoms with van der Waals surface area (Å²) in [5.41, 5.74) is 2.35. The molecule has 2 aliphatic heterocycles. The van der Waals surface area contributed by atoms with E-state index in [2.05, 4.69) is 70.6 Å². The van der Waals surface area contributed by atoms with Crippen LogP contribution in [-0.2, 0) is 9.53 Å². The Kier molecular flexibility index (Phi) is 7.54. The minimum absolute atomic E-state index is 0.0216. The molecule has 6 nitrogen and oxygen atoms in total. The number of benzene rings is 2. The van der Waals surface area contributed by atoms with Crippen molar-refractivity contribution in [1.82, 2.24) is 20.1 Å². The zero-order valence-corrected chi connectivity index (χ0v) is 20.7. The molecule has 0 bridgehead atoms. The van der Waals surface area contributed by atoms with Gasteiger partial charge in [0.15, 0.2) is 0 Å². The van der Waals surface area contributed by atoms with Gasteiger partial charge in [0.1, 0.15) is 0 Å². The van der Waals surface area contributed by atoms with Crippen LogP contribution in [0.1, 0.15) is 42.3 Å². The molecule has 180 valence electrons. The molecule has 3 aromatic rings. The van der Waals surface area contributed by atoms with Gasteiger partial charge in [-0.3, -0.25) is 14.6 Å². The highest BCUT2D eigenvalue weighted by molar-refractivity contribution is 7.18. The molecule has 0 spiro atoms. The number of thiazole rings is 1. The molecule has 2 saturated heterocycles. The summed E-state index contributed by atoms with van der Waals surface area (Å²) in [6.07, 6.45) is 2.12. The lowest BCUT2D eigenvalue weighted by Crippen LogP contribution is -2.50. The van der Waals surface area contributed by atoms with Crippen molar-refractivity contribution in [2.24, 2.45) is 0 Å². The number of fused-ring (bicyclic) bond motifs is 1. The van der Waals surface area contributed by atoms with Crippen molar-refractivity contribution in [3.63, 3.8) is 0 Å². The number of rotatable bonds is 7. The third-order valence-electron chi connectivity index (χ3n) is 7.06. The lowest BCUT2D eigenvalue weighted by atomic mass is 9.97. The molecule has 0 radical (unpaired) electrons. The third-order valence-corrected chi connectivity index (χ3v) is 8.26. The summed E-state index contributed by atoms with van der Waals surface area (Å²) < 4.78 is 6.83. The zero-order chi connectivity index (χ0) is 23.3. The van der Waals surface area contributed by atoms with Gasteiger partial charge in [-0.15, -0.1) is 11.3 Å². The van der Waals surface area contributed by atoms with Crippen LogP contribution < -0.4 is 5.32 Å². The first kappa shape index (κ1) is 23.4. The van der Waals surface area contributed by atoms with Crippen molar-refractivity contribution in [3.8, 4) is 0 Å². The second kappa shape index (κ2) is 11.0. The van der Waals surface area contributed by atoms with Gasteiger partial charge in [0, 0.05) is 25.0 Å². The Morgan fingerprint density at radius 2 is 1.76 bits per heavy atom. The smallest absolute Gasteiger partial charge is 0.234 e. The molecule has 7 heteroatoms. The zero-order valence-electron chi connectivity index (χ0n) is 19.9. The van der Waals surface area contributed by atoms with Gasteiger partial charge in [-0.1, -0.05) is 42.5 Å². The molecule has 0 aliphatic carbocycles. The van der Waals surface area contributed by atoms with E-state index in [0.29, 0.717) is 12.5 Å². The monoisotopic (exact) mass is 478 g/mol. The predicted octanol–water partition coefficient (Wildman–Crippen LogP) is 4.05. The number of hydrogen-bond acceptors (Lipinski definition) is 6. The maximum Gasteiger partial charge on any atom is 0.234 e. The number of nitrogens with one attached hydrogen (secondary N) is 1. The molecule has 2 atom stereocenters. The largest absolute Gasteiger partial charge is 0.379 e. The molecule has 5 rings (SSSR count). The van der Waals surface area contributed by atoms with E-state index < -0.39 is 0 Å². The lowest BCUT2D eigenvalue weighted by molar-refractivity contribution is -0.123. The third kappa shape index (κ3) is 5.49. The van der Waals surface area contributed by atoms with E-state index in [1.54, 1.807) is 0 Å². The second-order valence-electron chi connectivity index (χ2n) is 9.43. The maximum absolute atomic E-state index is 13.0. The summed E-state index contributed by atoms with van der Waals surface area (Å²) in [7, 11) is 0. The number of amides is 1. The lowest BCUT2D eigenvalue weighted by Gasteiger charge is -2.38. The number of piperidine rings is 1. The van der Waals surface area contributed by atoms with Crippen molar-refractivity contribution in [2.45, 2.75) is 37.8 Å². The number of hydrogen-bond donors (Lipinski definition) is 1. The fraction of sp³-hybridized carbons (Fsp3) is 0.481.